The van der Waals surface area contributed by atoms with Crippen LogP contribution >= 0.6 is 0 Å². The lowest BCUT2D eigenvalue weighted by molar-refractivity contribution is -0.107. The Morgan fingerprint density at radius 2 is 1.69 bits per heavy atom. The molecule has 0 aromatic rings. The molecule has 0 radical (unpaired) electrons. The Hall–Kier alpha value is -0.400. The highest BCUT2D eigenvalue weighted by molar-refractivity contribution is 7.92. The number of hydrogen-bond acceptors (Lipinski definition) is 2. The van der Waals surface area contributed by atoms with Crippen molar-refractivity contribution in [3.05, 3.63) is 0 Å². The molecule has 13 heavy (non-hydrogen) atoms. The molecule has 1 saturated heterocycles. The molecule has 0 aliphatic carbocycles. The molecule has 1 atom stereocenters. The summed E-state index contributed by atoms with van der Waals surface area (Å²) in [4.78, 5) is 0. The lowest BCUT2D eigenvalue weighted by Gasteiger charge is -2.17. The number of alkyl halides is 5. The second kappa shape index (κ2) is 2.55. The van der Waals surface area contributed by atoms with E-state index in [2.05, 4.69) is 0 Å². The quantitative estimate of drug-likeness (QED) is 0.628. The Balaban J connectivity index is 3.23. The molecule has 2 nitrogen and oxygen atoms in total. The molecule has 1 aliphatic rings. The summed E-state index contributed by atoms with van der Waals surface area (Å²) < 4.78 is 82.9. The molecule has 0 aromatic heterocycles. The van der Waals surface area contributed by atoms with Gasteiger partial charge in [0.1, 0.15) is 18.3 Å². The first-order chi connectivity index (χ1) is 5.65. The molecule has 1 fully saturated rings. The van der Waals surface area contributed by atoms with Gasteiger partial charge in [-0.25, -0.2) is 17.2 Å². The normalized spacial score (nSPS) is 34.7. The van der Waals surface area contributed by atoms with Crippen LogP contribution in [-0.4, -0.2) is 32.0 Å². The van der Waals surface area contributed by atoms with E-state index in [-0.39, 0.29) is 0 Å². The Labute approximate surface area is 70.6 Å². The van der Waals surface area contributed by atoms with E-state index in [4.69, 9.17) is 0 Å². The first-order valence-electron chi connectivity index (χ1n) is 3.19. The largest absolute Gasteiger partial charge is 0.356 e. The first kappa shape index (κ1) is 10.7. The number of sulfone groups is 1. The van der Waals surface area contributed by atoms with Gasteiger partial charge >= 0.3 is 5.25 Å². The predicted molar refractivity (Wildman–Crippen MR) is 33.1 cm³/mol. The smallest absolute Gasteiger partial charge is 0.250 e. The van der Waals surface area contributed by atoms with Crippen LogP contribution in [0.2, 0.25) is 0 Å². The maximum atomic E-state index is 12.6. The molecule has 0 N–H and O–H groups in total. The summed E-state index contributed by atoms with van der Waals surface area (Å²) in [5, 5.41) is -4.66. The van der Waals surface area contributed by atoms with Gasteiger partial charge in [-0.1, -0.05) is 0 Å². The van der Waals surface area contributed by atoms with Gasteiger partial charge in [-0.3, -0.25) is 4.39 Å². The van der Waals surface area contributed by atoms with Crippen molar-refractivity contribution in [2.24, 2.45) is 5.92 Å². The highest BCUT2D eigenvalue weighted by Gasteiger charge is 2.70. The van der Waals surface area contributed by atoms with Crippen molar-refractivity contribution in [3.63, 3.8) is 0 Å². The van der Waals surface area contributed by atoms with E-state index in [1.165, 1.54) is 0 Å². The average Bonchev–Trinajstić information content (AvgIpc) is 1.93. The van der Waals surface area contributed by atoms with Crippen LogP contribution in [0, 0.1) is 5.92 Å². The Morgan fingerprint density at radius 3 is 1.85 bits per heavy atom. The highest BCUT2D eigenvalue weighted by Crippen LogP contribution is 2.49. The van der Waals surface area contributed by atoms with Crippen LogP contribution in [0.1, 0.15) is 0 Å². The van der Waals surface area contributed by atoms with Gasteiger partial charge in [-0.2, -0.15) is 8.78 Å². The van der Waals surface area contributed by atoms with E-state index in [0.717, 1.165) is 0 Å². The van der Waals surface area contributed by atoms with Crippen LogP contribution in [-0.2, 0) is 9.84 Å². The fraction of sp³-hybridized carbons (Fsp3) is 1.00. The zero-order chi connectivity index (χ0) is 10.5. The number of hydrogen-bond donors (Lipinski definition) is 0. The molecule has 0 spiro atoms. The standard InChI is InChI=1S/C5H5F5O2S/c6-1-3-4(7,8)2-13(11,12)5(3,9)10/h3H,1-2H2. The van der Waals surface area contributed by atoms with Crippen molar-refractivity contribution >= 4 is 9.84 Å². The van der Waals surface area contributed by atoms with Crippen molar-refractivity contribution < 1.29 is 30.4 Å². The van der Waals surface area contributed by atoms with E-state index in [1.54, 1.807) is 0 Å². The Morgan fingerprint density at radius 1 is 1.23 bits per heavy atom. The maximum absolute atomic E-state index is 12.6. The van der Waals surface area contributed by atoms with E-state index >= 15 is 0 Å². The van der Waals surface area contributed by atoms with Gasteiger partial charge in [-0.05, 0) is 0 Å². The summed E-state index contributed by atoms with van der Waals surface area (Å²) in [5.74, 6) is -9.22. The molecule has 0 saturated carbocycles. The van der Waals surface area contributed by atoms with E-state index in [0.29, 0.717) is 0 Å². The van der Waals surface area contributed by atoms with E-state index in [9.17, 15) is 30.4 Å². The fourth-order valence-corrected chi connectivity index (χ4v) is 2.68. The third kappa shape index (κ3) is 1.31. The van der Waals surface area contributed by atoms with Gasteiger partial charge < -0.3 is 0 Å². The van der Waals surface area contributed by atoms with E-state index < -0.39 is 39.4 Å². The van der Waals surface area contributed by atoms with Crippen molar-refractivity contribution in [3.8, 4) is 0 Å². The van der Waals surface area contributed by atoms with Crippen LogP contribution in [0.15, 0.2) is 0 Å². The lowest BCUT2D eigenvalue weighted by atomic mass is 10.1. The Kier molecular flexibility index (Phi) is 2.10. The molecule has 1 aliphatic heterocycles. The average molecular weight is 224 g/mol. The zero-order valence-corrected chi connectivity index (χ0v) is 6.92. The minimum atomic E-state index is -5.22. The van der Waals surface area contributed by atoms with Crippen molar-refractivity contribution in [1.82, 2.24) is 0 Å². The summed E-state index contributed by atoms with van der Waals surface area (Å²) in [7, 11) is -5.22. The zero-order valence-electron chi connectivity index (χ0n) is 6.11. The van der Waals surface area contributed by atoms with Gasteiger partial charge in [0.05, 0.1) is 0 Å². The van der Waals surface area contributed by atoms with Crippen LogP contribution in [0.3, 0.4) is 0 Å². The predicted octanol–water partition coefficient (Wildman–Crippen LogP) is 1.23. The highest BCUT2D eigenvalue weighted by atomic mass is 32.2. The molecular weight excluding hydrogens is 219 g/mol. The molecule has 1 unspecified atom stereocenters. The van der Waals surface area contributed by atoms with Gasteiger partial charge in [-0.15, -0.1) is 0 Å². The number of halogens is 5. The maximum Gasteiger partial charge on any atom is 0.356 e. The van der Waals surface area contributed by atoms with Gasteiger partial charge in [0.15, 0.2) is 0 Å². The van der Waals surface area contributed by atoms with Crippen LogP contribution in [0.25, 0.3) is 0 Å². The Bertz CT molecular complexity index is 309. The molecule has 1 rings (SSSR count). The van der Waals surface area contributed by atoms with Crippen molar-refractivity contribution in [1.29, 1.82) is 0 Å². The fourth-order valence-electron chi connectivity index (χ4n) is 1.12. The monoisotopic (exact) mass is 224 g/mol. The van der Waals surface area contributed by atoms with Gasteiger partial charge in [0, 0.05) is 0 Å². The van der Waals surface area contributed by atoms with Crippen LogP contribution < -0.4 is 0 Å². The second-order valence-electron chi connectivity index (χ2n) is 2.79. The second-order valence-corrected chi connectivity index (χ2v) is 4.85. The van der Waals surface area contributed by atoms with Crippen molar-refractivity contribution in [2.75, 3.05) is 12.4 Å². The molecule has 0 bridgehead atoms. The third-order valence-corrected chi connectivity index (χ3v) is 3.75. The van der Waals surface area contributed by atoms with Crippen molar-refractivity contribution in [2.45, 2.75) is 11.2 Å². The SMILES string of the molecule is O=S1(=O)CC(F)(F)C(CF)C1(F)F. The molecule has 0 amide bonds. The minimum Gasteiger partial charge on any atom is -0.250 e. The lowest BCUT2D eigenvalue weighted by Crippen LogP contribution is -2.36. The molecule has 1 heterocycles. The van der Waals surface area contributed by atoms with Gasteiger partial charge in [0.25, 0.3) is 5.92 Å². The topological polar surface area (TPSA) is 34.1 Å². The minimum absolute atomic E-state index is 1.98. The van der Waals surface area contributed by atoms with Crippen LogP contribution in [0.4, 0.5) is 22.0 Å². The number of rotatable bonds is 1. The third-order valence-electron chi connectivity index (χ3n) is 1.87. The summed E-state index contributed by atoms with van der Waals surface area (Å²) in [6, 6.07) is 0. The summed E-state index contributed by atoms with van der Waals surface area (Å²) in [6.45, 7) is -2.06. The summed E-state index contributed by atoms with van der Waals surface area (Å²) >= 11 is 0. The summed E-state index contributed by atoms with van der Waals surface area (Å²) in [5.41, 5.74) is 0. The molecule has 8 heteroatoms. The first-order valence-corrected chi connectivity index (χ1v) is 4.84. The van der Waals surface area contributed by atoms with Crippen LogP contribution in [0.5, 0.6) is 0 Å². The van der Waals surface area contributed by atoms with E-state index in [1.807, 2.05) is 0 Å². The van der Waals surface area contributed by atoms with Gasteiger partial charge in [0.2, 0.25) is 9.84 Å². The molecule has 0 aromatic carbocycles. The summed E-state index contributed by atoms with van der Waals surface area (Å²) in [6.07, 6.45) is 0. The molecule has 78 valence electrons. The molecular formula is C5H5F5O2S.